The maximum absolute atomic E-state index is 12.8. The first-order valence-corrected chi connectivity index (χ1v) is 12.3. The van der Waals surface area contributed by atoms with Gasteiger partial charge in [-0.25, -0.2) is 8.42 Å². The molecule has 0 unspecified atom stereocenters. The highest BCUT2D eigenvalue weighted by Gasteiger charge is 2.31. The minimum Gasteiger partial charge on any atom is -0.495 e. The second-order valence-corrected chi connectivity index (χ2v) is 10.7. The summed E-state index contributed by atoms with van der Waals surface area (Å²) in [5, 5.41) is 2.77. The fraction of sp³-hybridized carbons (Fsp3) is 0.458. The molecule has 2 aromatic rings. The second-order valence-electron chi connectivity index (χ2n) is 8.80. The fourth-order valence-electron chi connectivity index (χ4n) is 3.45. The van der Waals surface area contributed by atoms with Crippen molar-refractivity contribution < 1.29 is 22.7 Å². The molecule has 0 bridgehead atoms. The Morgan fingerprint density at radius 1 is 1.12 bits per heavy atom. The van der Waals surface area contributed by atoms with Crippen LogP contribution >= 0.6 is 0 Å². The van der Waals surface area contributed by atoms with Crippen molar-refractivity contribution in [2.75, 3.05) is 30.8 Å². The number of nitrogens with one attached hydrogen (secondary N) is 1. The smallest absolute Gasteiger partial charge is 0.243 e. The van der Waals surface area contributed by atoms with Gasteiger partial charge < -0.3 is 14.8 Å². The summed E-state index contributed by atoms with van der Waals surface area (Å²) in [6.45, 7) is 10.2. The SMILES string of the molecule is COc1ccc(C)cc1N([C@@H](C)C(=O)NCCOc1ccccc1C(C)(C)C)S(C)(=O)=O. The molecule has 0 radical (unpaired) electrons. The Labute approximate surface area is 191 Å². The van der Waals surface area contributed by atoms with E-state index in [1.807, 2.05) is 37.3 Å². The van der Waals surface area contributed by atoms with Gasteiger partial charge in [0.25, 0.3) is 0 Å². The van der Waals surface area contributed by atoms with Crippen LogP contribution in [0.4, 0.5) is 5.69 Å². The molecule has 1 amide bonds. The van der Waals surface area contributed by atoms with Gasteiger partial charge in [-0.3, -0.25) is 9.10 Å². The van der Waals surface area contributed by atoms with Crippen LogP contribution in [0.25, 0.3) is 0 Å². The molecule has 2 aromatic carbocycles. The van der Waals surface area contributed by atoms with Crippen LogP contribution in [0.1, 0.15) is 38.8 Å². The Bertz CT molecular complexity index is 1040. The molecule has 0 spiro atoms. The highest BCUT2D eigenvalue weighted by atomic mass is 32.2. The molecule has 8 heteroatoms. The third-order valence-corrected chi connectivity index (χ3v) is 6.24. The minimum atomic E-state index is -3.75. The summed E-state index contributed by atoms with van der Waals surface area (Å²) in [4.78, 5) is 12.8. The van der Waals surface area contributed by atoms with E-state index in [9.17, 15) is 13.2 Å². The molecule has 1 N–H and O–H groups in total. The van der Waals surface area contributed by atoms with E-state index in [0.717, 1.165) is 27.4 Å². The molecule has 0 aliphatic heterocycles. The van der Waals surface area contributed by atoms with E-state index in [0.29, 0.717) is 11.4 Å². The van der Waals surface area contributed by atoms with E-state index in [1.54, 1.807) is 19.1 Å². The summed E-state index contributed by atoms with van der Waals surface area (Å²) in [5.74, 6) is 0.721. The summed E-state index contributed by atoms with van der Waals surface area (Å²) < 4.78 is 37.5. The van der Waals surface area contributed by atoms with E-state index < -0.39 is 22.0 Å². The first-order valence-electron chi connectivity index (χ1n) is 10.5. The summed E-state index contributed by atoms with van der Waals surface area (Å²) in [6.07, 6.45) is 1.07. The number of methoxy groups -OCH3 is 1. The third-order valence-electron chi connectivity index (χ3n) is 5.01. The van der Waals surface area contributed by atoms with Crippen molar-refractivity contribution in [1.29, 1.82) is 0 Å². The lowest BCUT2D eigenvalue weighted by Crippen LogP contribution is -2.48. The van der Waals surface area contributed by atoms with Crippen molar-refractivity contribution in [3.05, 3.63) is 53.6 Å². The molecule has 0 saturated heterocycles. The Hall–Kier alpha value is -2.74. The normalized spacial score (nSPS) is 12.7. The van der Waals surface area contributed by atoms with Gasteiger partial charge >= 0.3 is 0 Å². The first kappa shape index (κ1) is 25.5. The van der Waals surface area contributed by atoms with Gasteiger partial charge in [0.15, 0.2) is 0 Å². The van der Waals surface area contributed by atoms with Crippen LogP contribution in [-0.2, 0) is 20.2 Å². The van der Waals surface area contributed by atoms with Crippen molar-refractivity contribution in [3.8, 4) is 11.5 Å². The molecule has 32 heavy (non-hydrogen) atoms. The Morgan fingerprint density at radius 3 is 2.38 bits per heavy atom. The van der Waals surface area contributed by atoms with Gasteiger partial charge in [0.05, 0.1) is 25.6 Å². The number of sulfonamides is 1. The van der Waals surface area contributed by atoms with E-state index in [4.69, 9.17) is 9.47 Å². The van der Waals surface area contributed by atoms with Crippen molar-refractivity contribution in [2.45, 2.75) is 46.1 Å². The average molecular weight is 463 g/mol. The Kier molecular flexibility index (Phi) is 8.18. The number of amides is 1. The summed E-state index contributed by atoms with van der Waals surface area (Å²) in [6, 6.07) is 12.0. The van der Waals surface area contributed by atoms with Crippen LogP contribution in [0.15, 0.2) is 42.5 Å². The highest BCUT2D eigenvalue weighted by molar-refractivity contribution is 7.92. The summed E-state index contributed by atoms with van der Waals surface area (Å²) in [5.41, 5.74) is 2.19. The Morgan fingerprint density at radius 2 is 1.78 bits per heavy atom. The van der Waals surface area contributed by atoms with Gasteiger partial charge in [-0.2, -0.15) is 0 Å². The van der Waals surface area contributed by atoms with Crippen molar-refractivity contribution in [1.82, 2.24) is 5.32 Å². The quantitative estimate of drug-likeness (QED) is 0.575. The number of carbonyl (C=O) groups is 1. The third kappa shape index (κ3) is 6.38. The summed E-state index contributed by atoms with van der Waals surface area (Å²) in [7, 11) is -2.28. The highest BCUT2D eigenvalue weighted by Crippen LogP contribution is 2.33. The predicted octanol–water partition coefficient (Wildman–Crippen LogP) is 3.65. The number of carbonyl (C=O) groups excluding carboxylic acids is 1. The molecule has 7 nitrogen and oxygen atoms in total. The maximum atomic E-state index is 12.8. The molecule has 0 saturated carbocycles. The molecular weight excluding hydrogens is 428 g/mol. The van der Waals surface area contributed by atoms with Crippen LogP contribution in [0.5, 0.6) is 11.5 Å². The van der Waals surface area contributed by atoms with Crippen LogP contribution in [0.3, 0.4) is 0 Å². The lowest BCUT2D eigenvalue weighted by molar-refractivity contribution is -0.121. The molecule has 1 atom stereocenters. The number of nitrogens with zero attached hydrogens (tertiary/aromatic N) is 1. The van der Waals surface area contributed by atoms with Crippen LogP contribution in [0.2, 0.25) is 0 Å². The van der Waals surface area contributed by atoms with E-state index in [2.05, 4.69) is 26.1 Å². The molecular formula is C24H34N2O5S. The van der Waals surface area contributed by atoms with Gasteiger partial charge in [0.1, 0.15) is 24.1 Å². The van der Waals surface area contributed by atoms with Crippen molar-refractivity contribution in [2.24, 2.45) is 0 Å². The van der Waals surface area contributed by atoms with E-state index in [-0.39, 0.29) is 18.6 Å². The zero-order valence-corrected chi connectivity index (χ0v) is 20.7. The summed E-state index contributed by atoms with van der Waals surface area (Å²) >= 11 is 0. The van der Waals surface area contributed by atoms with Gasteiger partial charge in [-0.05, 0) is 48.6 Å². The number of rotatable bonds is 9. The minimum absolute atomic E-state index is 0.0722. The number of benzene rings is 2. The van der Waals surface area contributed by atoms with Crippen LogP contribution < -0.4 is 19.1 Å². The van der Waals surface area contributed by atoms with E-state index in [1.165, 1.54) is 7.11 Å². The maximum Gasteiger partial charge on any atom is 0.243 e. The van der Waals surface area contributed by atoms with Crippen molar-refractivity contribution in [3.63, 3.8) is 0 Å². The van der Waals surface area contributed by atoms with Crippen LogP contribution in [0, 0.1) is 6.92 Å². The number of para-hydroxylation sites is 1. The number of hydrogen-bond donors (Lipinski definition) is 1. The largest absolute Gasteiger partial charge is 0.495 e. The molecule has 0 aliphatic rings. The lowest BCUT2D eigenvalue weighted by atomic mass is 9.86. The van der Waals surface area contributed by atoms with Gasteiger partial charge in [-0.15, -0.1) is 0 Å². The predicted molar refractivity (Wildman–Crippen MR) is 128 cm³/mol. The number of ether oxygens (including phenoxy) is 2. The number of hydrogen-bond acceptors (Lipinski definition) is 5. The topological polar surface area (TPSA) is 84.9 Å². The number of anilines is 1. The molecule has 0 aromatic heterocycles. The van der Waals surface area contributed by atoms with Gasteiger partial charge in [-0.1, -0.05) is 45.0 Å². The molecule has 2 rings (SSSR count). The van der Waals surface area contributed by atoms with Crippen LogP contribution in [-0.4, -0.2) is 46.9 Å². The Balaban J connectivity index is 2.10. The number of aryl methyl sites for hydroxylation is 1. The first-order chi connectivity index (χ1) is 14.9. The average Bonchev–Trinajstić information content (AvgIpc) is 2.70. The lowest BCUT2D eigenvalue weighted by Gasteiger charge is -2.29. The van der Waals surface area contributed by atoms with Gasteiger partial charge in [0.2, 0.25) is 15.9 Å². The van der Waals surface area contributed by atoms with E-state index >= 15 is 0 Å². The fourth-order valence-corrected chi connectivity index (χ4v) is 4.62. The molecule has 176 valence electrons. The zero-order chi connectivity index (χ0) is 24.1. The standard InChI is InChI=1S/C24H34N2O5S/c1-17-12-13-22(30-6)20(16-17)26(32(7,28)29)18(2)23(27)25-14-15-31-21-11-9-8-10-19(21)24(3,4)5/h8-13,16,18H,14-15H2,1-7H3,(H,25,27)/t18-/m0/s1. The van der Waals surface area contributed by atoms with Crippen molar-refractivity contribution >= 4 is 21.6 Å². The van der Waals surface area contributed by atoms with Gasteiger partial charge in [0, 0.05) is 0 Å². The second kappa shape index (κ2) is 10.3. The molecule has 0 heterocycles. The molecule has 0 fully saturated rings. The zero-order valence-electron chi connectivity index (χ0n) is 19.9. The monoisotopic (exact) mass is 462 g/mol. The molecule has 0 aliphatic carbocycles.